The molecule has 1 saturated heterocycles. The molecule has 0 bridgehead atoms. The highest BCUT2D eigenvalue weighted by molar-refractivity contribution is 5.92. The zero-order valence-corrected chi connectivity index (χ0v) is 18.4. The van der Waals surface area contributed by atoms with Crippen LogP contribution in [0, 0.1) is 6.92 Å². The van der Waals surface area contributed by atoms with E-state index in [2.05, 4.69) is 29.5 Å². The summed E-state index contributed by atoms with van der Waals surface area (Å²) in [5, 5.41) is 6.29. The standard InChI is InChI=1S/C23H33N3O4/c1-5-7-17(6-2)24-23(28)25-19-14-16-8-9-20(15(3)21(16)30-22(19)27)29-18-10-12-26(4)13-11-18/h8-9,14,17-18H,5-7,10-13H2,1-4H3,(H2,24,25,28). The first-order valence-electron chi connectivity index (χ1n) is 10.9. The Kier molecular flexibility index (Phi) is 7.37. The van der Waals surface area contributed by atoms with E-state index in [1.165, 1.54) is 0 Å². The highest BCUT2D eigenvalue weighted by atomic mass is 16.5. The lowest BCUT2D eigenvalue weighted by Crippen LogP contribution is -2.38. The summed E-state index contributed by atoms with van der Waals surface area (Å²) in [7, 11) is 2.12. The van der Waals surface area contributed by atoms with E-state index in [1.54, 1.807) is 6.07 Å². The van der Waals surface area contributed by atoms with E-state index >= 15 is 0 Å². The number of aryl methyl sites for hydroxylation is 1. The third-order valence-corrected chi connectivity index (χ3v) is 5.77. The number of piperidine rings is 1. The largest absolute Gasteiger partial charge is 0.490 e. The van der Waals surface area contributed by atoms with Crippen molar-refractivity contribution in [2.75, 3.05) is 25.5 Å². The predicted molar refractivity (Wildman–Crippen MR) is 120 cm³/mol. The van der Waals surface area contributed by atoms with E-state index in [9.17, 15) is 9.59 Å². The van der Waals surface area contributed by atoms with Crippen LogP contribution < -0.4 is 21.0 Å². The molecule has 1 fully saturated rings. The van der Waals surface area contributed by atoms with Crippen LogP contribution in [0.15, 0.2) is 27.4 Å². The number of amides is 2. The molecule has 1 aliphatic heterocycles. The van der Waals surface area contributed by atoms with Gasteiger partial charge in [-0.2, -0.15) is 0 Å². The molecule has 0 aliphatic carbocycles. The van der Waals surface area contributed by atoms with Crippen molar-refractivity contribution in [2.45, 2.75) is 65.0 Å². The topological polar surface area (TPSA) is 83.8 Å². The molecule has 2 aromatic rings. The lowest BCUT2D eigenvalue weighted by molar-refractivity contribution is 0.113. The van der Waals surface area contributed by atoms with E-state index in [1.807, 2.05) is 26.0 Å². The van der Waals surface area contributed by atoms with Crippen LogP contribution in [0.4, 0.5) is 10.5 Å². The van der Waals surface area contributed by atoms with Crippen molar-refractivity contribution >= 4 is 22.7 Å². The summed E-state index contributed by atoms with van der Waals surface area (Å²) in [6, 6.07) is 5.14. The number of fused-ring (bicyclic) bond motifs is 1. The van der Waals surface area contributed by atoms with Crippen molar-refractivity contribution in [3.63, 3.8) is 0 Å². The van der Waals surface area contributed by atoms with Crippen LogP contribution in [0.1, 0.15) is 51.5 Å². The fourth-order valence-corrected chi connectivity index (χ4v) is 3.87. The molecule has 1 atom stereocenters. The Morgan fingerprint density at radius 3 is 2.70 bits per heavy atom. The van der Waals surface area contributed by atoms with Gasteiger partial charge in [-0.15, -0.1) is 0 Å². The number of benzene rings is 1. The first kappa shape index (κ1) is 22.2. The molecule has 30 heavy (non-hydrogen) atoms. The number of ether oxygens (including phenoxy) is 1. The summed E-state index contributed by atoms with van der Waals surface area (Å²) in [4.78, 5) is 27.1. The van der Waals surface area contributed by atoms with Crippen molar-refractivity contribution in [1.82, 2.24) is 10.2 Å². The van der Waals surface area contributed by atoms with Crippen molar-refractivity contribution in [1.29, 1.82) is 0 Å². The summed E-state index contributed by atoms with van der Waals surface area (Å²) < 4.78 is 11.8. The van der Waals surface area contributed by atoms with Gasteiger partial charge in [0.1, 0.15) is 23.1 Å². The van der Waals surface area contributed by atoms with Crippen molar-refractivity contribution in [3.05, 3.63) is 34.2 Å². The summed E-state index contributed by atoms with van der Waals surface area (Å²) in [5.41, 5.74) is 0.859. The Hall–Kier alpha value is -2.54. The van der Waals surface area contributed by atoms with Crippen LogP contribution in [0.2, 0.25) is 0 Å². The zero-order valence-electron chi connectivity index (χ0n) is 18.4. The maximum atomic E-state index is 12.5. The minimum absolute atomic E-state index is 0.0871. The van der Waals surface area contributed by atoms with Crippen molar-refractivity contribution in [3.8, 4) is 5.75 Å². The number of hydrogen-bond donors (Lipinski definition) is 2. The van der Waals surface area contributed by atoms with Gasteiger partial charge < -0.3 is 24.7 Å². The highest BCUT2D eigenvalue weighted by Gasteiger charge is 2.20. The quantitative estimate of drug-likeness (QED) is 0.660. The minimum atomic E-state index is -0.569. The summed E-state index contributed by atoms with van der Waals surface area (Å²) in [6.07, 6.45) is 4.85. The zero-order chi connectivity index (χ0) is 21.7. The molecule has 0 spiro atoms. The van der Waals surface area contributed by atoms with Gasteiger partial charge in [0.2, 0.25) is 0 Å². The third-order valence-electron chi connectivity index (χ3n) is 5.77. The lowest BCUT2D eigenvalue weighted by Gasteiger charge is -2.29. The molecule has 3 rings (SSSR count). The van der Waals surface area contributed by atoms with Gasteiger partial charge in [0, 0.05) is 30.1 Å². The number of likely N-dealkylation sites (tertiary alicyclic amines) is 1. The molecule has 164 valence electrons. The van der Waals surface area contributed by atoms with Gasteiger partial charge in [0.15, 0.2) is 0 Å². The number of urea groups is 1. The molecule has 1 unspecified atom stereocenters. The lowest BCUT2D eigenvalue weighted by atomic mass is 10.1. The Labute approximate surface area is 177 Å². The first-order valence-corrected chi connectivity index (χ1v) is 10.9. The predicted octanol–water partition coefficient (Wildman–Crippen LogP) is 4.27. The number of anilines is 1. The van der Waals surface area contributed by atoms with E-state index in [0.29, 0.717) is 5.58 Å². The van der Waals surface area contributed by atoms with Crippen LogP contribution in [-0.2, 0) is 0 Å². The summed E-state index contributed by atoms with van der Waals surface area (Å²) in [6.45, 7) is 8.03. The van der Waals surface area contributed by atoms with E-state index in [-0.39, 0.29) is 23.9 Å². The van der Waals surface area contributed by atoms with E-state index in [0.717, 1.165) is 61.9 Å². The molecular weight excluding hydrogens is 382 g/mol. The van der Waals surface area contributed by atoms with Gasteiger partial charge in [-0.3, -0.25) is 0 Å². The fraction of sp³-hybridized carbons (Fsp3) is 0.565. The molecule has 2 amide bonds. The number of carbonyl (C=O) groups excluding carboxylic acids is 1. The Morgan fingerprint density at radius 1 is 1.30 bits per heavy atom. The number of nitrogens with one attached hydrogen (secondary N) is 2. The second kappa shape index (κ2) is 9.98. The number of nitrogens with zero attached hydrogens (tertiary/aromatic N) is 1. The SMILES string of the molecule is CCCC(CC)NC(=O)Nc1cc2ccc(OC3CCN(C)CC3)c(C)c2oc1=O. The molecule has 2 heterocycles. The average molecular weight is 416 g/mol. The highest BCUT2D eigenvalue weighted by Crippen LogP contribution is 2.29. The van der Waals surface area contributed by atoms with Crippen LogP contribution in [0.25, 0.3) is 11.0 Å². The van der Waals surface area contributed by atoms with Crippen molar-refractivity contribution in [2.24, 2.45) is 0 Å². The average Bonchev–Trinajstić information content (AvgIpc) is 2.72. The van der Waals surface area contributed by atoms with Crippen LogP contribution in [-0.4, -0.2) is 43.2 Å². The molecule has 1 aliphatic rings. The molecule has 0 saturated carbocycles. The van der Waals surface area contributed by atoms with Gasteiger partial charge in [0.25, 0.3) is 0 Å². The molecule has 1 aromatic heterocycles. The third kappa shape index (κ3) is 5.33. The first-order chi connectivity index (χ1) is 14.4. The maximum absolute atomic E-state index is 12.5. The number of carbonyl (C=O) groups is 1. The van der Waals surface area contributed by atoms with E-state index < -0.39 is 5.63 Å². The summed E-state index contributed by atoms with van der Waals surface area (Å²) >= 11 is 0. The smallest absolute Gasteiger partial charge is 0.360 e. The maximum Gasteiger partial charge on any atom is 0.360 e. The van der Waals surface area contributed by atoms with Crippen LogP contribution in [0.3, 0.4) is 0 Å². The minimum Gasteiger partial charge on any atom is -0.490 e. The Balaban J connectivity index is 1.76. The Bertz CT molecular complexity index is 932. The number of hydrogen-bond acceptors (Lipinski definition) is 5. The van der Waals surface area contributed by atoms with Gasteiger partial charge in [0.05, 0.1) is 0 Å². The molecular formula is C23H33N3O4. The molecule has 0 radical (unpaired) electrons. The second-order valence-electron chi connectivity index (χ2n) is 8.17. The van der Waals surface area contributed by atoms with Gasteiger partial charge in [-0.05, 0) is 57.9 Å². The van der Waals surface area contributed by atoms with Gasteiger partial charge in [-0.1, -0.05) is 20.3 Å². The fourth-order valence-electron chi connectivity index (χ4n) is 3.87. The summed E-state index contributed by atoms with van der Waals surface area (Å²) in [5.74, 6) is 0.740. The second-order valence-corrected chi connectivity index (χ2v) is 8.17. The van der Waals surface area contributed by atoms with Gasteiger partial charge >= 0.3 is 11.7 Å². The van der Waals surface area contributed by atoms with Gasteiger partial charge in [-0.25, -0.2) is 9.59 Å². The normalized spacial score (nSPS) is 16.4. The molecule has 7 heteroatoms. The molecule has 2 N–H and O–H groups in total. The van der Waals surface area contributed by atoms with Crippen molar-refractivity contribution < 1.29 is 13.9 Å². The molecule has 7 nitrogen and oxygen atoms in total. The Morgan fingerprint density at radius 2 is 2.03 bits per heavy atom. The van der Waals surface area contributed by atoms with Crippen LogP contribution in [0.5, 0.6) is 5.75 Å². The van der Waals surface area contributed by atoms with Crippen LogP contribution >= 0.6 is 0 Å². The monoisotopic (exact) mass is 415 g/mol. The molecule has 1 aromatic carbocycles. The number of rotatable bonds is 7. The van der Waals surface area contributed by atoms with E-state index in [4.69, 9.17) is 9.15 Å².